The molecular formula is C37H54FN7O6. The van der Waals surface area contributed by atoms with E-state index in [2.05, 4.69) is 21.3 Å². The normalized spacial score (nSPS) is 16.2. The van der Waals surface area contributed by atoms with Crippen LogP contribution in [0.5, 0.6) is 0 Å². The van der Waals surface area contributed by atoms with Gasteiger partial charge in [0.2, 0.25) is 17.7 Å². The summed E-state index contributed by atoms with van der Waals surface area (Å²) in [5, 5.41) is 11.3. The lowest BCUT2D eigenvalue weighted by Crippen LogP contribution is -2.58. The Balaban J connectivity index is 1.79. The number of ether oxygens (including phenoxy) is 1. The number of amides is 3. The molecule has 14 heteroatoms. The minimum absolute atomic E-state index is 0.0597. The van der Waals surface area contributed by atoms with Gasteiger partial charge in [0, 0.05) is 12.5 Å². The molecule has 3 amide bonds. The Morgan fingerprint density at radius 2 is 1.31 bits per heavy atom. The van der Waals surface area contributed by atoms with Gasteiger partial charge in [-0.05, 0) is 75.7 Å². The predicted molar refractivity (Wildman–Crippen MR) is 191 cm³/mol. The highest BCUT2D eigenvalue weighted by Crippen LogP contribution is 2.15. The summed E-state index contributed by atoms with van der Waals surface area (Å²) in [5.41, 5.74) is 19.7. The Labute approximate surface area is 299 Å². The van der Waals surface area contributed by atoms with Gasteiger partial charge in [-0.2, -0.15) is 0 Å². The number of hydrogen-bond acceptors (Lipinski definition) is 10. The Bertz CT molecular complexity index is 1380. The maximum absolute atomic E-state index is 13.9. The summed E-state index contributed by atoms with van der Waals surface area (Å²) >= 11 is 0. The van der Waals surface area contributed by atoms with Crippen LogP contribution in [-0.4, -0.2) is 86.2 Å². The van der Waals surface area contributed by atoms with E-state index in [1.807, 2.05) is 48.5 Å². The molecule has 2 aromatic rings. The van der Waals surface area contributed by atoms with Crippen LogP contribution < -0.4 is 38.5 Å². The van der Waals surface area contributed by atoms with E-state index in [0.29, 0.717) is 45.2 Å². The molecular weight excluding hydrogens is 657 g/mol. The van der Waals surface area contributed by atoms with Gasteiger partial charge in [0.05, 0.1) is 18.6 Å². The maximum atomic E-state index is 13.9. The molecule has 1 heterocycles. The summed E-state index contributed by atoms with van der Waals surface area (Å²) in [6.07, 6.45) is 2.89. The number of nitrogens with two attached hydrogens (primary N) is 3. The third-order valence-corrected chi connectivity index (χ3v) is 8.86. The second-order valence-corrected chi connectivity index (χ2v) is 13.0. The lowest BCUT2D eigenvalue weighted by atomic mass is 9.98. The van der Waals surface area contributed by atoms with Crippen LogP contribution in [0.15, 0.2) is 60.7 Å². The molecule has 0 spiro atoms. The van der Waals surface area contributed by atoms with Crippen LogP contribution in [0, 0.1) is 5.92 Å². The first-order valence-electron chi connectivity index (χ1n) is 17.8. The molecule has 5 atom stereocenters. The summed E-state index contributed by atoms with van der Waals surface area (Å²) in [5.74, 6) is -3.99. The molecule has 1 fully saturated rings. The fraction of sp³-hybridized carbons (Fsp3) is 0.541. The number of nitrogens with one attached hydrogen (secondary N) is 4. The van der Waals surface area contributed by atoms with Gasteiger partial charge in [0.15, 0.2) is 0 Å². The molecule has 280 valence electrons. The Kier molecular flexibility index (Phi) is 18.2. The average Bonchev–Trinajstić information content (AvgIpc) is 3.13. The van der Waals surface area contributed by atoms with Crippen LogP contribution in [0.1, 0.15) is 62.5 Å². The molecule has 1 aliphatic heterocycles. The number of benzene rings is 2. The number of rotatable bonds is 21. The summed E-state index contributed by atoms with van der Waals surface area (Å²) < 4.78 is 18.1. The van der Waals surface area contributed by atoms with E-state index in [4.69, 9.17) is 21.9 Å². The summed E-state index contributed by atoms with van der Waals surface area (Å²) in [6.45, 7) is 0.936. The van der Waals surface area contributed by atoms with Crippen molar-refractivity contribution in [3.05, 3.63) is 71.8 Å². The van der Waals surface area contributed by atoms with Gasteiger partial charge < -0.3 is 43.2 Å². The van der Waals surface area contributed by atoms with Gasteiger partial charge >= 0.3 is 11.9 Å². The molecule has 13 nitrogen and oxygen atoms in total. The summed E-state index contributed by atoms with van der Waals surface area (Å²) in [6, 6.07) is 13.2. The van der Waals surface area contributed by atoms with E-state index in [-0.39, 0.29) is 38.6 Å². The number of carbonyl (C=O) groups excluding carboxylic acids is 5. The zero-order valence-electron chi connectivity index (χ0n) is 29.2. The highest BCUT2D eigenvalue weighted by molar-refractivity contribution is 5.96. The van der Waals surface area contributed by atoms with Crippen LogP contribution in [0.25, 0.3) is 0 Å². The topological polar surface area (TPSA) is 221 Å². The first kappa shape index (κ1) is 41.2. The van der Waals surface area contributed by atoms with Crippen molar-refractivity contribution in [3.63, 3.8) is 0 Å². The van der Waals surface area contributed by atoms with Gasteiger partial charge in [0.25, 0.3) is 0 Å². The van der Waals surface area contributed by atoms with Crippen molar-refractivity contribution in [1.29, 1.82) is 0 Å². The number of hydrogen-bond donors (Lipinski definition) is 7. The quantitative estimate of drug-likeness (QED) is 0.0551. The fourth-order valence-electron chi connectivity index (χ4n) is 5.89. The van der Waals surface area contributed by atoms with Crippen molar-refractivity contribution >= 4 is 29.7 Å². The SMILES string of the molecule is NCCC(N)C[C@@H](NC(=O)C(CCCCCF)NC(=O)[C@@H](Cc1ccccc1)NC(=O)[C@H](N)Cc1ccccc1)C(=O)OC(=O)C1CCNCC1. The third kappa shape index (κ3) is 14.9. The minimum Gasteiger partial charge on any atom is -0.391 e. The van der Waals surface area contributed by atoms with Crippen molar-refractivity contribution in [3.8, 4) is 0 Å². The minimum atomic E-state index is -1.30. The first-order chi connectivity index (χ1) is 24.6. The van der Waals surface area contributed by atoms with Gasteiger partial charge in [-0.25, -0.2) is 4.79 Å². The Hall–Kier alpha value is -4.24. The average molecular weight is 712 g/mol. The summed E-state index contributed by atoms with van der Waals surface area (Å²) in [4.78, 5) is 67.1. The van der Waals surface area contributed by atoms with E-state index in [9.17, 15) is 28.4 Å². The van der Waals surface area contributed by atoms with E-state index in [1.165, 1.54) is 0 Å². The molecule has 3 rings (SSSR count). The van der Waals surface area contributed by atoms with Crippen molar-refractivity contribution < 1.29 is 33.1 Å². The number of esters is 2. The van der Waals surface area contributed by atoms with Crippen molar-refractivity contribution in [2.45, 2.75) is 94.4 Å². The van der Waals surface area contributed by atoms with Crippen LogP contribution in [0.3, 0.4) is 0 Å². The van der Waals surface area contributed by atoms with Gasteiger partial charge in [-0.15, -0.1) is 0 Å². The highest BCUT2D eigenvalue weighted by Gasteiger charge is 2.34. The molecule has 1 aliphatic rings. The molecule has 0 saturated carbocycles. The smallest absolute Gasteiger partial charge is 0.336 e. The standard InChI is InChI=1S/C37H54FN7O6/c38-18-9-3-8-14-30(34(47)45-32(24-28(40)15-19-39)37(50)51-36(49)27-16-20-42-21-17-27)43-35(48)31(23-26-12-6-2-7-13-26)44-33(46)29(41)22-25-10-4-1-5-11-25/h1-2,4-7,10-13,27-32,42H,3,8-9,14-24,39-41H2,(H,43,48)(H,44,46)(H,45,47)/t28?,29-,30?,31-,32-/m1/s1. The second-order valence-electron chi connectivity index (χ2n) is 13.0. The number of unbranched alkanes of at least 4 members (excludes halogenated alkanes) is 2. The molecule has 2 unspecified atom stereocenters. The second kappa shape index (κ2) is 22.6. The van der Waals surface area contributed by atoms with Crippen molar-refractivity contribution in [1.82, 2.24) is 21.3 Å². The van der Waals surface area contributed by atoms with Crippen molar-refractivity contribution in [2.24, 2.45) is 23.1 Å². The van der Waals surface area contributed by atoms with E-state index >= 15 is 0 Å². The third-order valence-electron chi connectivity index (χ3n) is 8.86. The largest absolute Gasteiger partial charge is 0.391 e. The van der Waals surface area contributed by atoms with Crippen LogP contribution >= 0.6 is 0 Å². The molecule has 10 N–H and O–H groups in total. The fourth-order valence-corrected chi connectivity index (χ4v) is 5.89. The molecule has 1 saturated heterocycles. The molecule has 2 aromatic carbocycles. The first-order valence-corrected chi connectivity index (χ1v) is 17.8. The molecule has 0 radical (unpaired) electrons. The molecule has 0 aliphatic carbocycles. The molecule has 0 aromatic heterocycles. The lowest BCUT2D eigenvalue weighted by Gasteiger charge is -2.27. The van der Waals surface area contributed by atoms with Crippen LogP contribution in [0.4, 0.5) is 4.39 Å². The Morgan fingerprint density at radius 1 is 0.745 bits per heavy atom. The van der Waals surface area contributed by atoms with Gasteiger partial charge in [-0.3, -0.25) is 23.6 Å². The monoisotopic (exact) mass is 711 g/mol. The van der Waals surface area contributed by atoms with E-state index < -0.39 is 72.5 Å². The highest BCUT2D eigenvalue weighted by atomic mass is 19.1. The lowest BCUT2D eigenvalue weighted by molar-refractivity contribution is -0.165. The Morgan fingerprint density at radius 3 is 1.92 bits per heavy atom. The zero-order valence-corrected chi connectivity index (χ0v) is 29.2. The van der Waals surface area contributed by atoms with Crippen LogP contribution in [-0.2, 0) is 41.6 Å². The van der Waals surface area contributed by atoms with Gasteiger partial charge in [0.1, 0.15) is 18.1 Å². The van der Waals surface area contributed by atoms with Crippen LogP contribution in [0.2, 0.25) is 0 Å². The number of alkyl halides is 1. The zero-order chi connectivity index (χ0) is 37.0. The van der Waals surface area contributed by atoms with Crippen molar-refractivity contribution in [2.75, 3.05) is 26.3 Å². The maximum Gasteiger partial charge on any atom is 0.336 e. The number of piperidine rings is 1. The number of carbonyl (C=O) groups is 5. The van der Waals surface area contributed by atoms with Gasteiger partial charge in [-0.1, -0.05) is 73.5 Å². The predicted octanol–water partition coefficient (Wildman–Crippen LogP) is 0.919. The van der Waals surface area contributed by atoms with E-state index in [1.54, 1.807) is 12.1 Å². The molecule has 0 bridgehead atoms. The number of halogens is 1. The van der Waals surface area contributed by atoms with E-state index in [0.717, 1.165) is 11.1 Å². The molecule has 51 heavy (non-hydrogen) atoms. The summed E-state index contributed by atoms with van der Waals surface area (Å²) in [7, 11) is 0.